The highest BCUT2D eigenvalue weighted by atomic mass is 19.3. The highest BCUT2D eigenvalue weighted by Gasteiger charge is 2.32. The molecule has 16 heavy (non-hydrogen) atoms. The van der Waals surface area contributed by atoms with Crippen LogP contribution in [-0.4, -0.2) is 11.1 Å². The van der Waals surface area contributed by atoms with Gasteiger partial charge < -0.3 is 5.11 Å². The zero-order chi connectivity index (χ0) is 12.3. The molecule has 88 valence electrons. The molecule has 0 saturated carbocycles. The van der Waals surface area contributed by atoms with Crippen molar-refractivity contribution in [3.63, 3.8) is 0 Å². The molecule has 0 spiro atoms. The Morgan fingerprint density at radius 3 is 2.44 bits per heavy atom. The lowest BCUT2D eigenvalue weighted by Gasteiger charge is -2.16. The molecule has 0 aromatic heterocycles. The average Bonchev–Trinajstić information content (AvgIpc) is 2.19. The number of carbonyl (C=O) groups is 1. The second kappa shape index (κ2) is 4.60. The van der Waals surface area contributed by atoms with E-state index in [4.69, 9.17) is 5.11 Å². The lowest BCUT2D eigenvalue weighted by atomic mass is 9.99. The van der Waals surface area contributed by atoms with Gasteiger partial charge in [-0.3, -0.25) is 4.79 Å². The van der Waals surface area contributed by atoms with Crippen molar-refractivity contribution in [3.05, 3.63) is 34.9 Å². The maximum atomic E-state index is 13.6. The van der Waals surface area contributed by atoms with Gasteiger partial charge in [-0.15, -0.1) is 0 Å². The minimum Gasteiger partial charge on any atom is -0.481 e. The molecule has 0 radical (unpaired) electrons. The summed E-state index contributed by atoms with van der Waals surface area (Å²) in [6.45, 7) is 3.60. The normalized spacial score (nSPS) is 11.5. The predicted molar refractivity (Wildman–Crippen MR) is 56.7 cm³/mol. The smallest absolute Gasteiger partial charge is 0.303 e. The zero-order valence-corrected chi connectivity index (χ0v) is 9.26. The first kappa shape index (κ1) is 12.6. The van der Waals surface area contributed by atoms with E-state index >= 15 is 0 Å². The van der Waals surface area contributed by atoms with E-state index in [1.807, 2.05) is 6.92 Å². The molecule has 0 atom stereocenters. The van der Waals surface area contributed by atoms with Crippen molar-refractivity contribution in [2.24, 2.45) is 0 Å². The molecule has 1 aromatic carbocycles. The Labute approximate surface area is 92.9 Å². The van der Waals surface area contributed by atoms with Crippen molar-refractivity contribution >= 4 is 5.97 Å². The number of hydrogen-bond donors (Lipinski definition) is 1. The molecule has 2 nitrogen and oxygen atoms in total. The Kier molecular flexibility index (Phi) is 3.62. The van der Waals surface area contributed by atoms with E-state index in [1.54, 1.807) is 13.0 Å². The Hall–Kier alpha value is -1.45. The molecule has 4 heteroatoms. The molecule has 1 aromatic rings. The van der Waals surface area contributed by atoms with Crippen LogP contribution in [0.2, 0.25) is 0 Å². The van der Waals surface area contributed by atoms with Gasteiger partial charge in [-0.1, -0.05) is 12.1 Å². The number of aliphatic carboxylic acids is 1. The number of benzene rings is 1. The Morgan fingerprint density at radius 1 is 1.31 bits per heavy atom. The van der Waals surface area contributed by atoms with Crippen LogP contribution >= 0.6 is 0 Å². The molecular formula is C12H14F2O2. The number of hydrogen-bond acceptors (Lipinski definition) is 1. The first-order valence-corrected chi connectivity index (χ1v) is 5.00. The Balaban J connectivity index is 2.88. The van der Waals surface area contributed by atoms with Crippen LogP contribution < -0.4 is 0 Å². The first-order valence-electron chi connectivity index (χ1n) is 5.00. The largest absolute Gasteiger partial charge is 0.481 e. The van der Waals surface area contributed by atoms with Crippen molar-refractivity contribution < 1.29 is 18.7 Å². The zero-order valence-electron chi connectivity index (χ0n) is 9.26. The second-order valence-electron chi connectivity index (χ2n) is 3.90. The highest BCUT2D eigenvalue weighted by Crippen LogP contribution is 2.33. The summed E-state index contributed by atoms with van der Waals surface area (Å²) in [5.41, 5.74) is 1.61. The third-order valence-electron chi connectivity index (χ3n) is 2.58. The molecule has 0 amide bonds. The maximum Gasteiger partial charge on any atom is 0.303 e. The molecular weight excluding hydrogens is 214 g/mol. The molecule has 0 saturated heterocycles. The molecule has 0 aliphatic heterocycles. The number of alkyl halides is 2. The number of halogens is 2. The molecule has 0 unspecified atom stereocenters. The Bertz CT molecular complexity index is 400. The molecule has 0 aliphatic rings. The summed E-state index contributed by atoms with van der Waals surface area (Å²) in [7, 11) is 0. The van der Waals surface area contributed by atoms with Crippen LogP contribution in [0.4, 0.5) is 8.78 Å². The highest BCUT2D eigenvalue weighted by molar-refractivity contribution is 5.66. The van der Waals surface area contributed by atoms with Gasteiger partial charge in [-0.25, -0.2) is 8.78 Å². The summed E-state index contributed by atoms with van der Waals surface area (Å²) in [4.78, 5) is 10.3. The molecule has 0 bridgehead atoms. The fourth-order valence-corrected chi connectivity index (χ4v) is 1.38. The van der Waals surface area contributed by atoms with E-state index in [2.05, 4.69) is 0 Å². The van der Waals surface area contributed by atoms with Crippen molar-refractivity contribution in [2.75, 3.05) is 0 Å². The van der Waals surface area contributed by atoms with Crippen LogP contribution in [0.25, 0.3) is 0 Å². The van der Waals surface area contributed by atoms with E-state index in [0.29, 0.717) is 0 Å². The summed E-state index contributed by atoms with van der Waals surface area (Å²) in [6, 6.07) is 4.39. The lowest BCUT2D eigenvalue weighted by Crippen LogP contribution is -2.15. The van der Waals surface area contributed by atoms with E-state index in [1.165, 1.54) is 12.1 Å². The van der Waals surface area contributed by atoms with E-state index in [0.717, 1.165) is 11.1 Å². The van der Waals surface area contributed by atoms with Crippen LogP contribution in [0.3, 0.4) is 0 Å². The van der Waals surface area contributed by atoms with Gasteiger partial charge in [0, 0.05) is 12.0 Å². The predicted octanol–water partition coefficient (Wildman–Crippen LogP) is 3.26. The van der Waals surface area contributed by atoms with Gasteiger partial charge in [0.2, 0.25) is 0 Å². The van der Waals surface area contributed by atoms with Crippen LogP contribution in [-0.2, 0) is 10.7 Å². The molecule has 1 rings (SSSR count). The lowest BCUT2D eigenvalue weighted by molar-refractivity contribution is -0.139. The minimum atomic E-state index is -3.07. The summed E-state index contributed by atoms with van der Waals surface area (Å²) in [6.07, 6.45) is -1.19. The van der Waals surface area contributed by atoms with Crippen LogP contribution in [0.1, 0.15) is 29.5 Å². The SMILES string of the molecule is Cc1ccc(C(F)(F)CCC(=O)O)cc1C. The number of rotatable bonds is 4. The first-order chi connectivity index (χ1) is 7.33. The Morgan fingerprint density at radius 2 is 1.94 bits per heavy atom. The van der Waals surface area contributed by atoms with Gasteiger partial charge in [-0.05, 0) is 31.0 Å². The standard InChI is InChI=1S/C12H14F2O2/c1-8-3-4-10(7-9(8)2)12(13,14)6-5-11(15)16/h3-4,7H,5-6H2,1-2H3,(H,15,16). The quantitative estimate of drug-likeness (QED) is 0.858. The van der Waals surface area contributed by atoms with Gasteiger partial charge in [-0.2, -0.15) is 0 Å². The van der Waals surface area contributed by atoms with Crippen molar-refractivity contribution in [3.8, 4) is 0 Å². The van der Waals surface area contributed by atoms with Gasteiger partial charge >= 0.3 is 5.97 Å². The monoisotopic (exact) mass is 228 g/mol. The van der Waals surface area contributed by atoms with Gasteiger partial charge in [0.25, 0.3) is 5.92 Å². The summed E-state index contributed by atoms with van der Waals surface area (Å²) in [5, 5.41) is 8.39. The molecule has 0 aliphatic carbocycles. The summed E-state index contributed by atoms with van der Waals surface area (Å²) >= 11 is 0. The fourth-order valence-electron chi connectivity index (χ4n) is 1.38. The van der Waals surface area contributed by atoms with Crippen LogP contribution in [0.15, 0.2) is 18.2 Å². The van der Waals surface area contributed by atoms with E-state index in [-0.39, 0.29) is 5.56 Å². The number of carboxylic acid groups (broad SMARTS) is 1. The third-order valence-corrected chi connectivity index (χ3v) is 2.58. The van der Waals surface area contributed by atoms with Crippen molar-refractivity contribution in [2.45, 2.75) is 32.6 Å². The van der Waals surface area contributed by atoms with Crippen molar-refractivity contribution in [1.29, 1.82) is 0 Å². The number of carboxylic acids is 1. The topological polar surface area (TPSA) is 37.3 Å². The van der Waals surface area contributed by atoms with Crippen LogP contribution in [0, 0.1) is 13.8 Å². The maximum absolute atomic E-state index is 13.6. The minimum absolute atomic E-state index is 0.114. The molecule has 0 heterocycles. The van der Waals surface area contributed by atoms with Gasteiger partial charge in [0.1, 0.15) is 0 Å². The van der Waals surface area contributed by atoms with Gasteiger partial charge in [0.05, 0.1) is 6.42 Å². The molecule has 0 fully saturated rings. The average molecular weight is 228 g/mol. The third kappa shape index (κ3) is 3.02. The fraction of sp³-hybridized carbons (Fsp3) is 0.417. The summed E-state index contributed by atoms with van der Waals surface area (Å²) in [5.74, 6) is -4.28. The number of aryl methyl sites for hydroxylation is 2. The van der Waals surface area contributed by atoms with E-state index in [9.17, 15) is 13.6 Å². The van der Waals surface area contributed by atoms with Gasteiger partial charge in [0.15, 0.2) is 0 Å². The summed E-state index contributed by atoms with van der Waals surface area (Å²) < 4.78 is 27.1. The second-order valence-corrected chi connectivity index (χ2v) is 3.90. The molecule has 1 N–H and O–H groups in total. The van der Waals surface area contributed by atoms with Crippen molar-refractivity contribution in [1.82, 2.24) is 0 Å². The van der Waals surface area contributed by atoms with E-state index < -0.39 is 24.7 Å². The van der Waals surface area contributed by atoms with Crippen LogP contribution in [0.5, 0.6) is 0 Å².